The normalized spacial score (nSPS) is 19.7. The number of hydrogen-bond acceptors (Lipinski definition) is 7. The molecule has 2 aromatic heterocycles. The van der Waals surface area contributed by atoms with Crippen LogP contribution in [0.5, 0.6) is 5.75 Å². The molecule has 11 heteroatoms. The number of hydrogen-bond donors (Lipinski definition) is 3. The molecule has 0 aliphatic heterocycles. The van der Waals surface area contributed by atoms with Crippen LogP contribution in [0.15, 0.2) is 24.5 Å². The van der Waals surface area contributed by atoms with Crippen LogP contribution < -0.4 is 21.3 Å². The smallest absolute Gasteiger partial charge is 0.254 e. The molecule has 1 amide bonds. The summed E-state index contributed by atoms with van der Waals surface area (Å²) in [5.41, 5.74) is 4.83. The molecule has 0 aromatic carbocycles. The van der Waals surface area contributed by atoms with E-state index in [4.69, 9.17) is 22.2 Å². The molecular weight excluding hydrogens is 448 g/mol. The highest BCUT2D eigenvalue weighted by atomic mass is 35.5. The fraction of sp³-hybridized carbons (Fsp3) is 0.450. The maximum Gasteiger partial charge on any atom is 0.254 e. The summed E-state index contributed by atoms with van der Waals surface area (Å²) in [5, 5.41) is 2.37. The standard InChI is InChI=1S/C20H24ClF2N5O2S/c1-9-4-11(12-6-17(21)26-8-16(12)30-3)15(7-25-9)19(29)27-10(2)31-20(28-24)14-5-13(14)18(22)23/h4,6-8,10,13-14,18,20,28H,5,24H2,1-3H3,(H,27,29). The van der Waals surface area contributed by atoms with E-state index in [2.05, 4.69) is 20.7 Å². The molecule has 31 heavy (non-hydrogen) atoms. The third kappa shape index (κ3) is 5.62. The molecule has 4 atom stereocenters. The molecule has 1 saturated carbocycles. The maximum absolute atomic E-state index is 13.0. The number of carbonyl (C=O) groups is 1. The second-order valence-electron chi connectivity index (χ2n) is 7.32. The summed E-state index contributed by atoms with van der Waals surface area (Å²) in [6.45, 7) is 3.59. The monoisotopic (exact) mass is 471 g/mol. The number of alkyl halides is 2. The van der Waals surface area contributed by atoms with Crippen molar-refractivity contribution < 1.29 is 18.3 Å². The molecule has 0 saturated heterocycles. The van der Waals surface area contributed by atoms with Crippen molar-refractivity contribution in [3.8, 4) is 16.9 Å². The van der Waals surface area contributed by atoms with E-state index in [0.29, 0.717) is 34.6 Å². The average molecular weight is 472 g/mol. The molecular formula is C20H24ClF2N5O2S. The molecule has 0 radical (unpaired) electrons. The molecule has 1 aliphatic rings. The minimum absolute atomic E-state index is 0.228. The van der Waals surface area contributed by atoms with Gasteiger partial charge in [0.15, 0.2) is 0 Å². The molecule has 1 fully saturated rings. The van der Waals surface area contributed by atoms with E-state index in [1.807, 2.05) is 6.92 Å². The van der Waals surface area contributed by atoms with Crippen molar-refractivity contribution in [3.63, 3.8) is 0 Å². The van der Waals surface area contributed by atoms with Crippen LogP contribution in [0.2, 0.25) is 5.15 Å². The molecule has 7 nitrogen and oxygen atoms in total. The maximum atomic E-state index is 13.0. The average Bonchev–Trinajstić information content (AvgIpc) is 3.53. The van der Waals surface area contributed by atoms with Gasteiger partial charge in [-0.05, 0) is 38.3 Å². The predicted octanol–water partition coefficient (Wildman–Crippen LogP) is 3.61. The van der Waals surface area contributed by atoms with E-state index in [1.54, 1.807) is 19.1 Å². The zero-order chi connectivity index (χ0) is 22.7. The Bertz CT molecular complexity index is 952. The van der Waals surface area contributed by atoms with Crippen LogP contribution in [-0.4, -0.2) is 40.2 Å². The topological polar surface area (TPSA) is 102 Å². The minimum atomic E-state index is -2.37. The second kappa shape index (κ2) is 10.1. The largest absolute Gasteiger partial charge is 0.494 e. The first-order valence-corrected chi connectivity index (χ1v) is 10.9. The number of hydrazine groups is 1. The zero-order valence-corrected chi connectivity index (χ0v) is 18.8. The number of halogens is 3. The van der Waals surface area contributed by atoms with Crippen molar-refractivity contribution in [2.24, 2.45) is 17.7 Å². The Kier molecular flexibility index (Phi) is 7.68. The van der Waals surface area contributed by atoms with Gasteiger partial charge < -0.3 is 10.1 Å². The number of nitrogens with one attached hydrogen (secondary N) is 2. The van der Waals surface area contributed by atoms with Crippen LogP contribution in [0, 0.1) is 18.8 Å². The lowest BCUT2D eigenvalue weighted by Gasteiger charge is -2.22. The van der Waals surface area contributed by atoms with Crippen molar-refractivity contribution in [1.82, 2.24) is 20.7 Å². The first-order chi connectivity index (χ1) is 14.7. The van der Waals surface area contributed by atoms with E-state index >= 15 is 0 Å². The quantitative estimate of drug-likeness (QED) is 0.222. The van der Waals surface area contributed by atoms with E-state index in [-0.39, 0.29) is 27.7 Å². The Labute approximate surface area is 188 Å². The number of aromatic nitrogens is 2. The molecule has 2 aromatic rings. The number of amides is 1. The van der Waals surface area contributed by atoms with Gasteiger partial charge in [-0.1, -0.05) is 11.6 Å². The molecule has 0 spiro atoms. The van der Waals surface area contributed by atoms with E-state index in [0.717, 1.165) is 0 Å². The Hall–Kier alpha value is -2.01. The van der Waals surface area contributed by atoms with E-state index < -0.39 is 12.3 Å². The van der Waals surface area contributed by atoms with Crippen LogP contribution in [-0.2, 0) is 0 Å². The number of aryl methyl sites for hydroxylation is 1. The van der Waals surface area contributed by atoms with Gasteiger partial charge in [-0.3, -0.25) is 15.6 Å². The third-order valence-electron chi connectivity index (χ3n) is 5.08. The number of nitrogens with zero attached hydrogens (tertiary/aromatic N) is 2. The Morgan fingerprint density at radius 3 is 2.65 bits per heavy atom. The van der Waals surface area contributed by atoms with Crippen molar-refractivity contribution in [3.05, 3.63) is 40.9 Å². The highest BCUT2D eigenvalue weighted by molar-refractivity contribution is 8.00. The zero-order valence-electron chi connectivity index (χ0n) is 17.2. The van der Waals surface area contributed by atoms with Gasteiger partial charge in [0, 0.05) is 28.9 Å². The Morgan fingerprint density at radius 1 is 1.29 bits per heavy atom. The van der Waals surface area contributed by atoms with Crippen LogP contribution >= 0.6 is 23.4 Å². The van der Waals surface area contributed by atoms with Gasteiger partial charge in [0.25, 0.3) is 5.91 Å². The van der Waals surface area contributed by atoms with Gasteiger partial charge >= 0.3 is 0 Å². The first-order valence-electron chi connectivity index (χ1n) is 9.62. The fourth-order valence-corrected chi connectivity index (χ4v) is 4.77. The summed E-state index contributed by atoms with van der Waals surface area (Å²) < 4.78 is 31.2. The van der Waals surface area contributed by atoms with Crippen LogP contribution in [0.1, 0.15) is 29.4 Å². The number of pyridine rings is 2. The van der Waals surface area contributed by atoms with Crippen molar-refractivity contribution in [2.45, 2.75) is 37.4 Å². The number of ether oxygens (including phenoxy) is 1. The van der Waals surface area contributed by atoms with Gasteiger partial charge in [-0.25, -0.2) is 19.2 Å². The van der Waals surface area contributed by atoms with E-state index in [9.17, 15) is 13.6 Å². The number of methoxy groups -OCH3 is 1. The summed E-state index contributed by atoms with van der Waals surface area (Å²) in [6.07, 6.45) is 1.02. The number of thioether (sulfide) groups is 1. The Morgan fingerprint density at radius 2 is 2.03 bits per heavy atom. The summed E-state index contributed by atoms with van der Waals surface area (Å²) in [4.78, 5) is 21.3. The van der Waals surface area contributed by atoms with Crippen molar-refractivity contribution in [1.29, 1.82) is 0 Å². The summed E-state index contributed by atoms with van der Waals surface area (Å²) in [6, 6.07) is 3.39. The van der Waals surface area contributed by atoms with Gasteiger partial charge in [0.1, 0.15) is 10.9 Å². The molecule has 168 valence electrons. The second-order valence-corrected chi connectivity index (χ2v) is 9.19. The van der Waals surface area contributed by atoms with Gasteiger partial charge in [0.05, 0.1) is 29.6 Å². The molecule has 2 heterocycles. The van der Waals surface area contributed by atoms with Gasteiger partial charge in [-0.2, -0.15) is 0 Å². The van der Waals surface area contributed by atoms with Crippen LogP contribution in [0.3, 0.4) is 0 Å². The summed E-state index contributed by atoms with van der Waals surface area (Å²) in [7, 11) is 1.51. The number of nitrogens with two attached hydrogens (primary N) is 1. The lowest BCUT2D eigenvalue weighted by atomic mass is 10.0. The predicted molar refractivity (Wildman–Crippen MR) is 117 cm³/mol. The minimum Gasteiger partial charge on any atom is -0.494 e. The summed E-state index contributed by atoms with van der Waals surface area (Å²) in [5.74, 6) is 4.77. The van der Waals surface area contributed by atoms with Crippen molar-refractivity contribution >= 4 is 29.3 Å². The lowest BCUT2D eigenvalue weighted by molar-refractivity contribution is 0.0951. The lowest BCUT2D eigenvalue weighted by Crippen LogP contribution is -2.40. The van der Waals surface area contributed by atoms with Crippen LogP contribution in [0.4, 0.5) is 8.78 Å². The molecule has 3 rings (SSSR count). The van der Waals surface area contributed by atoms with Crippen LogP contribution in [0.25, 0.3) is 11.1 Å². The summed E-state index contributed by atoms with van der Waals surface area (Å²) >= 11 is 7.36. The van der Waals surface area contributed by atoms with Crippen molar-refractivity contribution in [2.75, 3.05) is 7.11 Å². The highest BCUT2D eigenvalue weighted by Gasteiger charge is 2.49. The molecule has 0 bridgehead atoms. The molecule has 4 unspecified atom stereocenters. The van der Waals surface area contributed by atoms with Gasteiger partial charge in [0.2, 0.25) is 6.43 Å². The number of rotatable bonds is 9. The highest BCUT2D eigenvalue weighted by Crippen LogP contribution is 2.48. The number of carbonyl (C=O) groups excluding carboxylic acids is 1. The Balaban J connectivity index is 1.79. The van der Waals surface area contributed by atoms with Gasteiger partial charge in [-0.15, -0.1) is 11.8 Å². The first kappa shape index (κ1) is 23.6. The molecule has 4 N–H and O–H groups in total. The fourth-order valence-electron chi connectivity index (χ4n) is 3.41. The molecule has 1 aliphatic carbocycles. The third-order valence-corrected chi connectivity index (χ3v) is 6.59. The van der Waals surface area contributed by atoms with E-state index in [1.165, 1.54) is 31.3 Å². The SMILES string of the molecule is COc1cnc(Cl)cc1-c1cc(C)ncc1C(=O)NC(C)SC(NN)C1CC1C(F)F.